The number of likely N-dealkylation sites (tertiary alicyclic amines) is 1. The number of anilines is 1. The Balaban J connectivity index is 1.60. The first-order valence-electron chi connectivity index (χ1n) is 11.3. The van der Waals surface area contributed by atoms with Crippen molar-refractivity contribution in [2.75, 3.05) is 25.0 Å². The summed E-state index contributed by atoms with van der Waals surface area (Å²) in [6.45, 7) is 10.2. The van der Waals surface area contributed by atoms with Crippen LogP contribution < -0.4 is 5.32 Å². The van der Waals surface area contributed by atoms with Gasteiger partial charge in [-0.1, -0.05) is 26.7 Å². The third-order valence-electron chi connectivity index (χ3n) is 7.04. The zero-order valence-electron chi connectivity index (χ0n) is 18.7. The number of carbonyl (C=O) groups excluding carboxylic acids is 3. The van der Waals surface area contributed by atoms with E-state index in [1.54, 1.807) is 29.2 Å². The number of nitrogens with zero attached hydrogens (tertiary/aromatic N) is 2. The highest BCUT2D eigenvalue weighted by Gasteiger charge is 2.41. The fourth-order valence-electron chi connectivity index (χ4n) is 4.86. The maximum atomic E-state index is 12.8. The summed E-state index contributed by atoms with van der Waals surface area (Å²) in [5.41, 5.74) is 1.26. The maximum Gasteiger partial charge on any atom is 0.253 e. The van der Waals surface area contributed by atoms with Gasteiger partial charge in [0, 0.05) is 43.3 Å². The zero-order chi connectivity index (χ0) is 21.8. The van der Waals surface area contributed by atoms with Gasteiger partial charge in [-0.05, 0) is 56.4 Å². The molecule has 4 atom stereocenters. The van der Waals surface area contributed by atoms with Crippen LogP contribution in [0.5, 0.6) is 0 Å². The van der Waals surface area contributed by atoms with Gasteiger partial charge < -0.3 is 15.1 Å². The van der Waals surface area contributed by atoms with Crippen molar-refractivity contribution in [2.24, 2.45) is 17.8 Å². The topological polar surface area (TPSA) is 69.7 Å². The molecule has 0 bridgehead atoms. The van der Waals surface area contributed by atoms with Gasteiger partial charge >= 0.3 is 0 Å². The molecule has 1 saturated heterocycles. The molecule has 6 heteroatoms. The fourth-order valence-corrected chi connectivity index (χ4v) is 4.86. The lowest BCUT2D eigenvalue weighted by Gasteiger charge is -2.40. The van der Waals surface area contributed by atoms with Crippen LogP contribution in [0, 0.1) is 17.8 Å². The van der Waals surface area contributed by atoms with Crippen molar-refractivity contribution in [1.82, 2.24) is 9.80 Å². The highest BCUT2D eigenvalue weighted by molar-refractivity contribution is 5.98. The van der Waals surface area contributed by atoms with Crippen LogP contribution in [0.2, 0.25) is 0 Å². The molecule has 1 aromatic rings. The average molecular weight is 414 g/mol. The number of carbonyl (C=O) groups is 3. The minimum Gasteiger partial charge on any atom is -0.339 e. The van der Waals surface area contributed by atoms with E-state index in [2.05, 4.69) is 19.2 Å². The molecule has 2 fully saturated rings. The molecule has 1 aromatic carbocycles. The molecule has 6 nitrogen and oxygen atoms in total. The van der Waals surface area contributed by atoms with E-state index in [1.807, 2.05) is 18.7 Å². The molecule has 0 spiro atoms. The number of benzene rings is 1. The highest BCUT2D eigenvalue weighted by Crippen LogP contribution is 2.36. The summed E-state index contributed by atoms with van der Waals surface area (Å²) >= 11 is 0. The third-order valence-corrected chi connectivity index (χ3v) is 7.04. The molecule has 1 heterocycles. The molecule has 3 amide bonds. The second-order valence-electron chi connectivity index (χ2n) is 8.83. The molecule has 0 unspecified atom stereocenters. The standard InChI is InChI=1S/C24H35N3O3/c1-5-26(6-2)24(30)18-10-12-20(13-11-18)25-23(29)19-14-22(28)27(15-19)21-9-7-8-16(3)17(21)4/h10-13,16-17,19,21H,5-9,14-15H2,1-4H3,(H,25,29)/t16-,17-,19+,21-/m0/s1. The Labute approximate surface area is 180 Å². The number of nitrogens with one attached hydrogen (secondary N) is 1. The van der Waals surface area contributed by atoms with E-state index < -0.39 is 0 Å². The molecule has 1 aliphatic heterocycles. The predicted octanol–water partition coefficient (Wildman–Crippen LogP) is 3.78. The van der Waals surface area contributed by atoms with Crippen LogP contribution in [0.25, 0.3) is 0 Å². The zero-order valence-corrected chi connectivity index (χ0v) is 18.7. The SMILES string of the molecule is CCN(CC)C(=O)c1ccc(NC(=O)[C@@H]2CC(=O)N([C@H]3CCC[C@H](C)[C@@H]3C)C2)cc1. The summed E-state index contributed by atoms with van der Waals surface area (Å²) in [6, 6.07) is 7.26. The van der Waals surface area contributed by atoms with Crippen molar-refractivity contribution in [3.63, 3.8) is 0 Å². The Kier molecular flexibility index (Phi) is 7.16. The molecule has 1 N–H and O–H groups in total. The molecular formula is C24H35N3O3. The number of amides is 3. The number of hydrogen-bond acceptors (Lipinski definition) is 3. The Bertz CT molecular complexity index is 772. The largest absolute Gasteiger partial charge is 0.339 e. The van der Waals surface area contributed by atoms with E-state index in [9.17, 15) is 14.4 Å². The number of rotatable bonds is 6. The smallest absolute Gasteiger partial charge is 0.253 e. The Hall–Kier alpha value is -2.37. The van der Waals surface area contributed by atoms with Gasteiger partial charge in [0.1, 0.15) is 0 Å². The van der Waals surface area contributed by atoms with Gasteiger partial charge in [-0.25, -0.2) is 0 Å². The molecule has 2 aliphatic rings. The molecule has 1 aliphatic carbocycles. The molecule has 164 valence electrons. The van der Waals surface area contributed by atoms with E-state index in [1.165, 1.54) is 6.42 Å². The van der Waals surface area contributed by atoms with Crippen molar-refractivity contribution < 1.29 is 14.4 Å². The minimum absolute atomic E-state index is 0.00858. The predicted molar refractivity (Wildman–Crippen MR) is 118 cm³/mol. The van der Waals surface area contributed by atoms with Gasteiger partial charge in [0.15, 0.2) is 0 Å². The molecule has 3 rings (SSSR count). The first-order valence-corrected chi connectivity index (χ1v) is 11.3. The van der Waals surface area contributed by atoms with Crippen LogP contribution in [-0.4, -0.2) is 53.2 Å². The minimum atomic E-state index is -0.320. The van der Waals surface area contributed by atoms with Crippen LogP contribution >= 0.6 is 0 Å². The summed E-state index contributed by atoms with van der Waals surface area (Å²) in [7, 11) is 0. The lowest BCUT2D eigenvalue weighted by atomic mass is 9.77. The van der Waals surface area contributed by atoms with Gasteiger partial charge in [-0.2, -0.15) is 0 Å². The molecule has 1 saturated carbocycles. The van der Waals surface area contributed by atoms with Crippen molar-refractivity contribution >= 4 is 23.4 Å². The van der Waals surface area contributed by atoms with Crippen LogP contribution in [0.3, 0.4) is 0 Å². The molecular weight excluding hydrogens is 378 g/mol. The summed E-state index contributed by atoms with van der Waals surface area (Å²) in [5, 5.41) is 2.93. The average Bonchev–Trinajstić information content (AvgIpc) is 3.13. The molecule has 0 radical (unpaired) electrons. The van der Waals surface area contributed by atoms with Crippen LogP contribution in [0.1, 0.15) is 63.7 Å². The van der Waals surface area contributed by atoms with Gasteiger partial charge in [-0.3, -0.25) is 14.4 Å². The fraction of sp³-hybridized carbons (Fsp3) is 0.625. The van der Waals surface area contributed by atoms with Crippen molar-refractivity contribution in [3.8, 4) is 0 Å². The summed E-state index contributed by atoms with van der Waals surface area (Å²) in [6.07, 6.45) is 3.68. The van der Waals surface area contributed by atoms with Gasteiger partial charge in [0.2, 0.25) is 11.8 Å². The Morgan fingerprint density at radius 3 is 2.40 bits per heavy atom. The summed E-state index contributed by atoms with van der Waals surface area (Å²) in [4.78, 5) is 41.6. The first kappa shape index (κ1) is 22.3. The maximum absolute atomic E-state index is 12.8. The van der Waals surface area contributed by atoms with Crippen LogP contribution in [-0.2, 0) is 9.59 Å². The normalized spacial score (nSPS) is 26.5. The van der Waals surface area contributed by atoms with E-state index in [0.717, 1.165) is 12.8 Å². The molecule has 0 aromatic heterocycles. The third kappa shape index (κ3) is 4.68. The van der Waals surface area contributed by atoms with Gasteiger partial charge in [0.25, 0.3) is 5.91 Å². The Morgan fingerprint density at radius 1 is 1.10 bits per heavy atom. The second kappa shape index (κ2) is 9.63. The van der Waals surface area contributed by atoms with Gasteiger partial charge in [0.05, 0.1) is 5.92 Å². The van der Waals surface area contributed by atoms with E-state index >= 15 is 0 Å². The second-order valence-corrected chi connectivity index (χ2v) is 8.83. The molecule has 30 heavy (non-hydrogen) atoms. The van der Waals surface area contributed by atoms with Crippen molar-refractivity contribution in [1.29, 1.82) is 0 Å². The van der Waals surface area contributed by atoms with E-state index in [4.69, 9.17) is 0 Å². The van der Waals surface area contributed by atoms with E-state index in [0.29, 0.717) is 42.7 Å². The van der Waals surface area contributed by atoms with Crippen LogP contribution in [0.4, 0.5) is 5.69 Å². The lowest BCUT2D eigenvalue weighted by Crippen LogP contribution is -2.45. The number of hydrogen-bond donors (Lipinski definition) is 1. The summed E-state index contributed by atoms with van der Waals surface area (Å²) in [5.74, 6) is 0.735. The highest BCUT2D eigenvalue weighted by atomic mass is 16.2. The van der Waals surface area contributed by atoms with E-state index in [-0.39, 0.29) is 36.1 Å². The quantitative estimate of drug-likeness (QED) is 0.772. The van der Waals surface area contributed by atoms with Crippen LogP contribution in [0.15, 0.2) is 24.3 Å². The van der Waals surface area contributed by atoms with Gasteiger partial charge in [-0.15, -0.1) is 0 Å². The first-order chi connectivity index (χ1) is 14.3. The van der Waals surface area contributed by atoms with Crippen molar-refractivity contribution in [3.05, 3.63) is 29.8 Å². The van der Waals surface area contributed by atoms with Crippen molar-refractivity contribution in [2.45, 2.75) is 59.4 Å². The summed E-state index contributed by atoms with van der Waals surface area (Å²) < 4.78 is 0. The monoisotopic (exact) mass is 413 g/mol. The Morgan fingerprint density at radius 2 is 1.77 bits per heavy atom. The lowest BCUT2D eigenvalue weighted by molar-refractivity contribution is -0.131.